The highest BCUT2D eigenvalue weighted by Crippen LogP contribution is 2.30. The maximum absolute atomic E-state index is 11.4. The summed E-state index contributed by atoms with van der Waals surface area (Å²) in [5, 5.41) is 18.4. The molecule has 0 aromatic heterocycles. The largest absolute Gasteiger partial charge is 0.478 e. The molecule has 0 radical (unpaired) electrons. The number of aliphatic carboxylic acids is 2. The van der Waals surface area contributed by atoms with Gasteiger partial charge in [0.15, 0.2) is 0 Å². The van der Waals surface area contributed by atoms with E-state index in [1.165, 1.54) is 24.3 Å². The molecule has 0 aliphatic heterocycles. The molecular formula is C12H6O8S2. The average Bonchev–Trinajstić information content (AvgIpc) is 2.43. The van der Waals surface area contributed by atoms with E-state index in [9.17, 15) is 36.6 Å². The second kappa shape index (κ2) is 5.58. The lowest BCUT2D eigenvalue weighted by molar-refractivity contribution is -0.133. The van der Waals surface area contributed by atoms with Gasteiger partial charge in [-0.1, -0.05) is 24.3 Å². The molecule has 1 aromatic rings. The Morgan fingerprint density at radius 3 is 1.59 bits per heavy atom. The summed E-state index contributed by atoms with van der Waals surface area (Å²) >= 11 is 0. The fourth-order valence-corrected chi connectivity index (χ4v) is 3.77. The van der Waals surface area contributed by atoms with Crippen LogP contribution in [0.1, 0.15) is 11.1 Å². The Balaban J connectivity index is 3.24. The summed E-state index contributed by atoms with van der Waals surface area (Å²) in [6, 6.07) is 5.17. The summed E-state index contributed by atoms with van der Waals surface area (Å²) in [7, 11) is -6.35. The lowest BCUT2D eigenvalue weighted by Crippen LogP contribution is -2.32. The summed E-state index contributed by atoms with van der Waals surface area (Å²) in [6.07, 6.45) is 0. The third-order valence-electron chi connectivity index (χ3n) is 2.89. The number of carbonyl (C=O) groups is 2. The van der Waals surface area contributed by atoms with Crippen molar-refractivity contribution in [1.82, 2.24) is 0 Å². The van der Waals surface area contributed by atoms with Crippen LogP contribution in [-0.4, -0.2) is 48.7 Å². The zero-order valence-corrected chi connectivity index (χ0v) is 12.1. The van der Waals surface area contributed by atoms with Crippen LogP contribution in [0.5, 0.6) is 0 Å². The predicted octanol–water partition coefficient (Wildman–Crippen LogP) is -0.926. The Kier molecular flexibility index (Phi) is 3.97. The topological polar surface area (TPSA) is 143 Å². The van der Waals surface area contributed by atoms with Crippen LogP contribution in [0.15, 0.2) is 29.8 Å². The standard InChI is InChI=1S/C12H6O8S2/c13-11(14)7-5-3-1-2-4-6(5)9(21(17)18)10(22(19)20)8(7)12(15)16/h1-4H,(H,13,14)(H,15,16). The van der Waals surface area contributed by atoms with Gasteiger partial charge < -0.3 is 10.2 Å². The van der Waals surface area contributed by atoms with Crippen molar-refractivity contribution >= 4 is 47.8 Å². The van der Waals surface area contributed by atoms with Gasteiger partial charge in [0, 0.05) is 5.56 Å². The number of hydrogen-bond acceptors (Lipinski definition) is 6. The van der Waals surface area contributed by atoms with E-state index in [0.29, 0.717) is 0 Å². The minimum Gasteiger partial charge on any atom is -0.478 e. The van der Waals surface area contributed by atoms with Crippen LogP contribution in [0.25, 0.3) is 5.57 Å². The van der Waals surface area contributed by atoms with Gasteiger partial charge >= 0.3 is 11.9 Å². The second-order valence-electron chi connectivity index (χ2n) is 4.03. The number of rotatable bonds is 2. The van der Waals surface area contributed by atoms with Gasteiger partial charge in [-0.2, -0.15) is 16.8 Å². The van der Waals surface area contributed by atoms with Crippen LogP contribution in [0.3, 0.4) is 0 Å². The molecule has 0 saturated carbocycles. The molecule has 0 fully saturated rings. The number of carboxylic acids is 2. The lowest BCUT2D eigenvalue weighted by Gasteiger charge is -2.19. The lowest BCUT2D eigenvalue weighted by atomic mass is 9.85. The van der Waals surface area contributed by atoms with Crippen LogP contribution in [0.4, 0.5) is 0 Å². The molecule has 22 heavy (non-hydrogen) atoms. The zero-order chi connectivity index (χ0) is 16.6. The first-order chi connectivity index (χ1) is 10.3. The van der Waals surface area contributed by atoms with E-state index in [2.05, 4.69) is 0 Å². The van der Waals surface area contributed by atoms with Gasteiger partial charge in [0.1, 0.15) is 9.73 Å². The molecule has 0 heterocycles. The van der Waals surface area contributed by atoms with Crippen molar-refractivity contribution in [2.75, 3.05) is 0 Å². The minimum atomic E-state index is -3.26. The van der Waals surface area contributed by atoms with Crippen LogP contribution < -0.4 is 0 Å². The number of benzene rings is 1. The number of fused-ring (bicyclic) bond motifs is 1. The summed E-state index contributed by atoms with van der Waals surface area (Å²) < 4.78 is 45.4. The third kappa shape index (κ3) is 2.34. The van der Waals surface area contributed by atoms with Crippen molar-refractivity contribution < 1.29 is 36.6 Å². The van der Waals surface area contributed by atoms with Crippen molar-refractivity contribution in [2.45, 2.75) is 0 Å². The number of carboxylic acid groups (broad SMARTS) is 2. The normalized spacial score (nSPS) is 13.6. The molecule has 2 N–H and O–H groups in total. The van der Waals surface area contributed by atoms with Gasteiger partial charge in [-0.3, -0.25) is 0 Å². The van der Waals surface area contributed by atoms with E-state index in [-0.39, 0.29) is 11.1 Å². The maximum atomic E-state index is 11.4. The average molecular weight is 342 g/mol. The molecule has 0 unspecified atom stereocenters. The van der Waals surface area contributed by atoms with E-state index >= 15 is 0 Å². The summed E-state index contributed by atoms with van der Waals surface area (Å²) in [6.45, 7) is 0. The molecule has 2 rings (SSSR count). The van der Waals surface area contributed by atoms with Gasteiger partial charge in [0.25, 0.3) is 0 Å². The molecule has 8 nitrogen and oxygen atoms in total. The van der Waals surface area contributed by atoms with E-state index in [0.717, 1.165) is 0 Å². The van der Waals surface area contributed by atoms with Crippen LogP contribution >= 0.6 is 0 Å². The van der Waals surface area contributed by atoms with Gasteiger partial charge in [-0.25, -0.2) is 9.59 Å². The van der Waals surface area contributed by atoms with Gasteiger partial charge in [0.2, 0.25) is 20.6 Å². The molecular weight excluding hydrogens is 336 g/mol. The maximum Gasteiger partial charge on any atom is 0.338 e. The quantitative estimate of drug-likeness (QED) is 0.657. The van der Waals surface area contributed by atoms with Crippen molar-refractivity contribution in [3.05, 3.63) is 41.0 Å². The third-order valence-corrected chi connectivity index (χ3v) is 4.51. The molecule has 1 aliphatic rings. The van der Waals surface area contributed by atoms with E-state index < -0.39 is 53.4 Å². The first kappa shape index (κ1) is 15.7. The van der Waals surface area contributed by atoms with E-state index in [1.54, 1.807) is 0 Å². The molecule has 1 aromatic carbocycles. The number of hydrogen-bond donors (Lipinski definition) is 2. The molecule has 0 amide bonds. The summed E-state index contributed by atoms with van der Waals surface area (Å²) in [4.78, 5) is 20.9. The Labute approximate surface area is 126 Å². The Bertz CT molecular complexity index is 1010. The van der Waals surface area contributed by atoms with Crippen LogP contribution in [0.2, 0.25) is 0 Å². The Morgan fingerprint density at radius 1 is 0.727 bits per heavy atom. The highest BCUT2D eigenvalue weighted by molar-refractivity contribution is 7.83. The smallest absolute Gasteiger partial charge is 0.338 e. The van der Waals surface area contributed by atoms with Crippen molar-refractivity contribution in [3.63, 3.8) is 0 Å². The minimum absolute atomic E-state index is 0.180. The fourth-order valence-electron chi connectivity index (χ4n) is 2.13. The first-order valence-corrected chi connectivity index (χ1v) is 7.66. The van der Waals surface area contributed by atoms with Gasteiger partial charge in [0.05, 0.1) is 11.1 Å². The van der Waals surface area contributed by atoms with Gasteiger partial charge in [-0.15, -0.1) is 0 Å². The molecule has 1 aliphatic carbocycles. The fraction of sp³-hybridized carbons (Fsp3) is 0. The molecule has 10 heteroatoms. The first-order valence-electron chi connectivity index (χ1n) is 5.51. The zero-order valence-electron chi connectivity index (χ0n) is 10.5. The predicted molar refractivity (Wildman–Crippen MR) is 75.6 cm³/mol. The van der Waals surface area contributed by atoms with Crippen molar-refractivity contribution in [1.29, 1.82) is 0 Å². The van der Waals surface area contributed by atoms with Crippen molar-refractivity contribution in [3.8, 4) is 0 Å². The Morgan fingerprint density at radius 2 is 1.18 bits per heavy atom. The molecule has 0 spiro atoms. The SMILES string of the molecule is O=C(O)C1=C(C(=O)O)c2ccccc2C(=S(=O)=O)C1=S(=O)=O. The highest BCUT2D eigenvalue weighted by atomic mass is 32.2. The summed E-state index contributed by atoms with van der Waals surface area (Å²) in [5.74, 6) is -3.53. The highest BCUT2D eigenvalue weighted by Gasteiger charge is 2.37. The van der Waals surface area contributed by atoms with Crippen molar-refractivity contribution in [2.24, 2.45) is 0 Å². The molecule has 0 saturated heterocycles. The van der Waals surface area contributed by atoms with Crippen LogP contribution in [-0.2, 0) is 30.2 Å². The Hall–Kier alpha value is -2.72. The monoisotopic (exact) mass is 342 g/mol. The van der Waals surface area contributed by atoms with Crippen LogP contribution in [0, 0.1) is 0 Å². The molecule has 0 bridgehead atoms. The van der Waals surface area contributed by atoms with E-state index in [4.69, 9.17) is 0 Å². The van der Waals surface area contributed by atoms with E-state index in [1.807, 2.05) is 0 Å². The molecule has 114 valence electrons. The second-order valence-corrected chi connectivity index (χ2v) is 5.79. The van der Waals surface area contributed by atoms with Gasteiger partial charge in [-0.05, 0) is 5.56 Å². The molecule has 0 atom stereocenters. The summed E-state index contributed by atoms with van der Waals surface area (Å²) in [5.41, 5.74) is -2.23.